The molecule has 12 nitrogen and oxygen atoms in total. The first-order chi connectivity index (χ1) is 18.4. The molecule has 1 unspecified atom stereocenters. The fourth-order valence-corrected chi connectivity index (χ4v) is 3.77. The van der Waals surface area contributed by atoms with Crippen LogP contribution >= 0.6 is 0 Å². The number of aliphatic hydroxyl groups is 1. The zero-order chi connectivity index (χ0) is 28.6. The van der Waals surface area contributed by atoms with E-state index < -0.39 is 53.4 Å². The molecule has 1 atom stereocenters. The van der Waals surface area contributed by atoms with Crippen molar-refractivity contribution in [3.63, 3.8) is 0 Å². The second kappa shape index (κ2) is 10.4. The van der Waals surface area contributed by atoms with E-state index in [0.717, 1.165) is 17.7 Å². The fourth-order valence-electron chi connectivity index (χ4n) is 3.77. The lowest BCUT2D eigenvalue weighted by atomic mass is 10.2. The molecular weight excluding hydrogens is 530 g/mol. The number of pyridine rings is 2. The van der Waals surface area contributed by atoms with Gasteiger partial charge in [-0.05, 0) is 27.7 Å². The van der Waals surface area contributed by atoms with E-state index in [1.54, 1.807) is 20.8 Å². The summed E-state index contributed by atoms with van der Waals surface area (Å²) in [6.07, 6.45) is -4.85. The summed E-state index contributed by atoms with van der Waals surface area (Å²) in [6, 6.07) is 0. The number of aromatic nitrogens is 7. The maximum Gasteiger partial charge on any atom is 0.425 e. The van der Waals surface area contributed by atoms with E-state index in [1.165, 1.54) is 13.3 Å². The van der Waals surface area contributed by atoms with Crippen molar-refractivity contribution in [2.75, 3.05) is 7.11 Å². The molecule has 16 heteroatoms. The molecule has 4 aromatic heterocycles. The topological polar surface area (TPSA) is 139 Å². The molecule has 0 radical (unpaired) electrons. The van der Waals surface area contributed by atoms with Crippen LogP contribution in [-0.4, -0.2) is 59.0 Å². The van der Waals surface area contributed by atoms with Gasteiger partial charge in [-0.2, -0.15) is 27.9 Å². The Hall–Kier alpha value is -4.34. The first-order valence-corrected chi connectivity index (χ1v) is 11.5. The van der Waals surface area contributed by atoms with Crippen LogP contribution in [0.15, 0.2) is 17.2 Å². The molecule has 1 N–H and O–H groups in total. The second-order valence-corrected chi connectivity index (χ2v) is 8.31. The summed E-state index contributed by atoms with van der Waals surface area (Å²) < 4.78 is 74.1. The van der Waals surface area contributed by atoms with Crippen LogP contribution in [-0.2, 0) is 13.2 Å². The molecule has 0 saturated heterocycles. The average molecular weight is 553 g/mol. The zero-order valence-corrected chi connectivity index (χ0v) is 21.4. The van der Waals surface area contributed by atoms with E-state index in [9.17, 15) is 23.1 Å². The van der Waals surface area contributed by atoms with E-state index in [4.69, 9.17) is 14.2 Å². The third kappa shape index (κ3) is 4.94. The van der Waals surface area contributed by atoms with Crippen LogP contribution in [0.5, 0.6) is 23.4 Å². The minimum absolute atomic E-state index is 0.0793. The van der Waals surface area contributed by atoms with E-state index in [-0.39, 0.29) is 29.4 Å². The Bertz CT molecular complexity index is 1600. The first-order valence-electron chi connectivity index (χ1n) is 11.5. The molecule has 0 spiro atoms. The largest absolute Gasteiger partial charge is 0.481 e. The number of aliphatic hydroxyl groups excluding tert-OH is 1. The molecule has 0 bridgehead atoms. The Balaban J connectivity index is 2.01. The van der Waals surface area contributed by atoms with Gasteiger partial charge in [-0.15, -0.1) is 10.2 Å². The van der Waals surface area contributed by atoms with Crippen LogP contribution in [0.3, 0.4) is 0 Å². The van der Waals surface area contributed by atoms with Gasteiger partial charge >= 0.3 is 11.9 Å². The Morgan fingerprint density at radius 2 is 1.87 bits per heavy atom. The van der Waals surface area contributed by atoms with E-state index in [0.29, 0.717) is 15.8 Å². The molecule has 4 aromatic rings. The van der Waals surface area contributed by atoms with Gasteiger partial charge in [0, 0.05) is 18.3 Å². The third-order valence-electron chi connectivity index (χ3n) is 5.81. The van der Waals surface area contributed by atoms with Gasteiger partial charge < -0.3 is 19.3 Å². The van der Waals surface area contributed by atoms with Gasteiger partial charge in [-0.1, -0.05) is 0 Å². The number of methoxy groups -OCH3 is 1. The molecule has 0 aliphatic rings. The van der Waals surface area contributed by atoms with Crippen LogP contribution in [0.4, 0.5) is 17.6 Å². The maximum atomic E-state index is 15.9. The predicted molar refractivity (Wildman–Crippen MR) is 127 cm³/mol. The zero-order valence-electron chi connectivity index (χ0n) is 21.4. The molecule has 0 fully saturated rings. The molecule has 208 valence electrons. The average Bonchev–Trinajstić information content (AvgIpc) is 3.22. The smallest absolute Gasteiger partial charge is 0.425 e. The van der Waals surface area contributed by atoms with Crippen LogP contribution in [0.1, 0.15) is 30.8 Å². The molecule has 4 heterocycles. The number of fused-ring (bicyclic) bond motifs is 1. The highest BCUT2D eigenvalue weighted by Gasteiger charge is 2.39. The summed E-state index contributed by atoms with van der Waals surface area (Å²) in [7, 11) is 1.39. The van der Waals surface area contributed by atoms with Crippen molar-refractivity contribution < 1.29 is 36.9 Å². The molecule has 4 rings (SSSR count). The Morgan fingerprint density at radius 1 is 1.15 bits per heavy atom. The standard InChI is InChI=1S/C23H23F4N7O5/c1-6-33-14(9-35)32-34(22(33)36)18-16(24)13-8-29-31-21(15(13)20(30-18)38-12(4)23(25,26)27)39-17-10(2)7-28-19(37-5)11(17)3/h7-8,12,35H,6,9H2,1-5H3. The van der Waals surface area contributed by atoms with E-state index in [1.807, 2.05) is 0 Å². The number of aryl methyl sites for hydroxylation is 1. The van der Waals surface area contributed by atoms with Gasteiger partial charge in [-0.25, -0.2) is 14.2 Å². The lowest BCUT2D eigenvalue weighted by molar-refractivity contribution is -0.189. The number of hydrogen-bond acceptors (Lipinski definition) is 10. The third-order valence-corrected chi connectivity index (χ3v) is 5.81. The minimum atomic E-state index is -4.82. The highest BCUT2D eigenvalue weighted by molar-refractivity contribution is 5.92. The van der Waals surface area contributed by atoms with Gasteiger partial charge in [0.2, 0.25) is 11.8 Å². The van der Waals surface area contributed by atoms with Gasteiger partial charge in [0.25, 0.3) is 5.88 Å². The van der Waals surface area contributed by atoms with Gasteiger partial charge in [0.15, 0.2) is 23.6 Å². The van der Waals surface area contributed by atoms with Crippen molar-refractivity contribution in [3.05, 3.63) is 45.6 Å². The van der Waals surface area contributed by atoms with Crippen molar-refractivity contribution in [2.24, 2.45) is 0 Å². The van der Waals surface area contributed by atoms with E-state index in [2.05, 4.69) is 25.3 Å². The van der Waals surface area contributed by atoms with Crippen LogP contribution in [0.25, 0.3) is 16.6 Å². The van der Waals surface area contributed by atoms with Crippen LogP contribution in [0.2, 0.25) is 0 Å². The summed E-state index contributed by atoms with van der Waals surface area (Å²) in [5.74, 6) is -2.80. The number of hydrogen-bond donors (Lipinski definition) is 1. The highest BCUT2D eigenvalue weighted by Crippen LogP contribution is 2.40. The van der Waals surface area contributed by atoms with Gasteiger partial charge in [0.05, 0.1) is 24.3 Å². The van der Waals surface area contributed by atoms with Gasteiger partial charge in [0.1, 0.15) is 17.7 Å². The molecule has 39 heavy (non-hydrogen) atoms. The summed E-state index contributed by atoms with van der Waals surface area (Å²) in [4.78, 5) is 20.9. The van der Waals surface area contributed by atoms with E-state index >= 15 is 4.39 Å². The summed E-state index contributed by atoms with van der Waals surface area (Å²) in [5, 5.41) is 20.2. The SMILES string of the molecule is CCn1c(CO)nn(-c2nc(OC(C)C(F)(F)F)c3c(Oc4c(C)cnc(OC)c4C)nncc3c2F)c1=O. The molecule has 0 aliphatic heterocycles. The lowest BCUT2D eigenvalue weighted by Gasteiger charge is -2.20. The van der Waals surface area contributed by atoms with Crippen molar-refractivity contribution >= 4 is 10.8 Å². The normalized spacial score (nSPS) is 12.6. The monoisotopic (exact) mass is 553 g/mol. The summed E-state index contributed by atoms with van der Waals surface area (Å²) >= 11 is 0. The van der Waals surface area contributed by atoms with Crippen molar-refractivity contribution in [2.45, 2.75) is 53.1 Å². The molecule has 0 aliphatic carbocycles. The minimum Gasteiger partial charge on any atom is -0.481 e. The van der Waals surface area contributed by atoms with Crippen molar-refractivity contribution in [1.29, 1.82) is 0 Å². The van der Waals surface area contributed by atoms with Crippen LogP contribution in [0, 0.1) is 19.7 Å². The summed E-state index contributed by atoms with van der Waals surface area (Å²) in [5.41, 5.74) is 0.0629. The molecule has 0 saturated carbocycles. The number of alkyl halides is 3. The van der Waals surface area contributed by atoms with Crippen molar-refractivity contribution in [3.8, 4) is 29.2 Å². The summed E-state index contributed by atoms with van der Waals surface area (Å²) in [6.45, 7) is 5.03. The Labute approximate surface area is 217 Å². The van der Waals surface area contributed by atoms with Crippen LogP contribution < -0.4 is 19.9 Å². The fraction of sp³-hybridized carbons (Fsp3) is 0.391. The molecule has 0 aromatic carbocycles. The lowest BCUT2D eigenvalue weighted by Crippen LogP contribution is -2.32. The number of nitrogens with zero attached hydrogens (tertiary/aromatic N) is 7. The number of rotatable bonds is 8. The van der Waals surface area contributed by atoms with Gasteiger partial charge in [-0.3, -0.25) is 4.57 Å². The molecular formula is C23H23F4N7O5. The Morgan fingerprint density at radius 3 is 2.46 bits per heavy atom. The number of ether oxygens (including phenoxy) is 3. The maximum absolute atomic E-state index is 15.9. The predicted octanol–water partition coefficient (Wildman–Crippen LogP) is 3.17. The first kappa shape index (κ1) is 27.7. The second-order valence-electron chi connectivity index (χ2n) is 8.31. The Kier molecular flexibility index (Phi) is 7.41. The number of halogens is 4. The molecule has 0 amide bonds. The highest BCUT2D eigenvalue weighted by atomic mass is 19.4. The quantitative estimate of drug-likeness (QED) is 0.324. The van der Waals surface area contributed by atoms with Crippen molar-refractivity contribution in [1.82, 2.24) is 34.5 Å².